The number of benzene rings is 3. The Morgan fingerprint density at radius 2 is 1.27 bits per heavy atom. The van der Waals surface area contributed by atoms with Crippen LogP contribution >= 0.6 is 0 Å². The zero-order valence-electron chi connectivity index (χ0n) is 19.5. The van der Waals surface area contributed by atoms with Gasteiger partial charge in [-0.3, -0.25) is 0 Å². The summed E-state index contributed by atoms with van der Waals surface area (Å²) in [7, 11) is 0. The molecule has 3 nitrogen and oxygen atoms in total. The van der Waals surface area contributed by atoms with E-state index in [1.54, 1.807) is 0 Å². The summed E-state index contributed by atoms with van der Waals surface area (Å²) in [5.74, 6) is 0. The van der Waals surface area contributed by atoms with E-state index in [1.807, 2.05) is 42.5 Å². The Morgan fingerprint density at radius 3 is 1.76 bits per heavy atom. The Hall–Kier alpha value is -2.72. The number of ether oxygens (including phenoxy) is 2. The standard InChI is InChI=1S/C30H34O3/c1-2-27(26-16-10-5-11-17-26)28-18-30(19-29(28)31,22-32-20-24-12-6-3-7-13-24)23-33-21-25-14-8-4-9-15-25/h3-17,29,31H,2,18-23H2,1H3. The van der Waals surface area contributed by atoms with Crippen LogP contribution in [-0.4, -0.2) is 24.4 Å². The van der Waals surface area contributed by atoms with Gasteiger partial charge in [0.05, 0.1) is 32.5 Å². The van der Waals surface area contributed by atoms with Crippen LogP contribution in [-0.2, 0) is 22.7 Å². The van der Waals surface area contributed by atoms with Crippen molar-refractivity contribution in [3.63, 3.8) is 0 Å². The molecule has 0 heterocycles. The van der Waals surface area contributed by atoms with Crippen LogP contribution in [0.2, 0.25) is 0 Å². The van der Waals surface area contributed by atoms with Gasteiger partial charge in [-0.25, -0.2) is 0 Å². The molecule has 1 atom stereocenters. The highest BCUT2D eigenvalue weighted by atomic mass is 16.5. The fourth-order valence-electron chi connectivity index (χ4n) is 4.87. The monoisotopic (exact) mass is 442 g/mol. The van der Waals surface area contributed by atoms with E-state index in [2.05, 4.69) is 55.5 Å². The molecular formula is C30H34O3. The second kappa shape index (κ2) is 11.4. The lowest BCUT2D eigenvalue weighted by atomic mass is 9.86. The second-order valence-electron chi connectivity index (χ2n) is 9.08. The van der Waals surface area contributed by atoms with Gasteiger partial charge in [-0.15, -0.1) is 0 Å². The zero-order valence-corrected chi connectivity index (χ0v) is 19.5. The summed E-state index contributed by atoms with van der Waals surface area (Å²) in [5.41, 5.74) is 5.65. The number of hydrogen-bond donors (Lipinski definition) is 1. The first-order chi connectivity index (χ1) is 16.2. The molecule has 0 saturated heterocycles. The van der Waals surface area contributed by atoms with Crippen LogP contribution in [0.4, 0.5) is 0 Å². The van der Waals surface area contributed by atoms with Gasteiger partial charge in [-0.1, -0.05) is 97.9 Å². The molecule has 1 fully saturated rings. The molecule has 4 rings (SSSR count). The maximum absolute atomic E-state index is 11.2. The first kappa shape index (κ1) is 23.4. The number of allylic oxidation sites excluding steroid dienone is 1. The van der Waals surface area contributed by atoms with E-state index in [1.165, 1.54) is 11.1 Å². The van der Waals surface area contributed by atoms with Crippen molar-refractivity contribution in [2.24, 2.45) is 5.41 Å². The van der Waals surface area contributed by atoms with Crippen molar-refractivity contribution in [2.75, 3.05) is 13.2 Å². The summed E-state index contributed by atoms with van der Waals surface area (Å²) >= 11 is 0. The van der Waals surface area contributed by atoms with Gasteiger partial charge in [-0.2, -0.15) is 0 Å². The van der Waals surface area contributed by atoms with Gasteiger partial charge < -0.3 is 14.6 Å². The molecular weight excluding hydrogens is 408 g/mol. The normalized spacial score (nSPS) is 18.9. The molecule has 0 aromatic heterocycles. The topological polar surface area (TPSA) is 38.7 Å². The second-order valence-corrected chi connectivity index (χ2v) is 9.08. The van der Waals surface area contributed by atoms with Crippen molar-refractivity contribution in [3.8, 4) is 0 Å². The lowest BCUT2D eigenvalue weighted by molar-refractivity contribution is -0.0349. The lowest BCUT2D eigenvalue weighted by Crippen LogP contribution is -2.30. The Morgan fingerprint density at radius 1 is 0.788 bits per heavy atom. The molecule has 3 aromatic carbocycles. The minimum Gasteiger partial charge on any atom is -0.389 e. The smallest absolute Gasteiger partial charge is 0.0763 e. The highest BCUT2D eigenvalue weighted by Crippen LogP contribution is 2.46. The lowest BCUT2D eigenvalue weighted by Gasteiger charge is -2.28. The first-order valence-corrected chi connectivity index (χ1v) is 11.9. The third-order valence-electron chi connectivity index (χ3n) is 6.50. The Bertz CT molecular complexity index is 967. The molecule has 0 amide bonds. The highest BCUT2D eigenvalue weighted by molar-refractivity contribution is 5.70. The Balaban J connectivity index is 1.52. The minimum absolute atomic E-state index is 0.243. The van der Waals surface area contributed by atoms with E-state index in [-0.39, 0.29) is 5.41 Å². The van der Waals surface area contributed by atoms with Gasteiger partial charge in [0, 0.05) is 5.41 Å². The Labute approximate surface area is 197 Å². The van der Waals surface area contributed by atoms with Crippen molar-refractivity contribution in [1.82, 2.24) is 0 Å². The predicted molar refractivity (Wildman–Crippen MR) is 134 cm³/mol. The van der Waals surface area contributed by atoms with Crippen LogP contribution < -0.4 is 0 Å². The van der Waals surface area contributed by atoms with Gasteiger partial charge in [0.15, 0.2) is 0 Å². The van der Waals surface area contributed by atoms with Crippen LogP contribution in [0.5, 0.6) is 0 Å². The maximum Gasteiger partial charge on any atom is 0.0763 e. The summed E-state index contributed by atoms with van der Waals surface area (Å²) in [6.07, 6.45) is 1.86. The molecule has 1 aliphatic rings. The Kier molecular flexibility index (Phi) is 8.11. The van der Waals surface area contributed by atoms with E-state index in [0.29, 0.717) is 32.8 Å². The SMILES string of the molecule is CCC(=C1CC(COCc2ccccc2)(COCc2ccccc2)CC1O)c1ccccc1. The molecule has 1 aliphatic carbocycles. The molecule has 0 aliphatic heterocycles. The molecule has 0 spiro atoms. The van der Waals surface area contributed by atoms with Crippen molar-refractivity contribution >= 4 is 5.57 Å². The quantitative estimate of drug-likeness (QED) is 0.393. The highest BCUT2D eigenvalue weighted by Gasteiger charge is 2.43. The predicted octanol–water partition coefficient (Wildman–Crippen LogP) is 6.42. The summed E-state index contributed by atoms with van der Waals surface area (Å²) < 4.78 is 12.4. The average Bonchev–Trinajstić information content (AvgIpc) is 3.17. The van der Waals surface area contributed by atoms with E-state index < -0.39 is 6.10 Å². The summed E-state index contributed by atoms with van der Waals surface area (Å²) in [4.78, 5) is 0. The van der Waals surface area contributed by atoms with Crippen molar-refractivity contribution in [2.45, 2.75) is 45.5 Å². The third kappa shape index (κ3) is 6.20. The van der Waals surface area contributed by atoms with Crippen LogP contribution in [0.3, 0.4) is 0 Å². The zero-order chi connectivity index (χ0) is 22.9. The fraction of sp³-hybridized carbons (Fsp3) is 0.333. The minimum atomic E-state index is -0.471. The number of aliphatic hydroxyl groups excluding tert-OH is 1. The van der Waals surface area contributed by atoms with Crippen LogP contribution in [0.25, 0.3) is 5.57 Å². The van der Waals surface area contributed by atoms with Gasteiger partial charge >= 0.3 is 0 Å². The molecule has 172 valence electrons. The van der Waals surface area contributed by atoms with Gasteiger partial charge in [0.25, 0.3) is 0 Å². The van der Waals surface area contributed by atoms with Crippen molar-refractivity contribution in [1.29, 1.82) is 0 Å². The summed E-state index contributed by atoms with van der Waals surface area (Å²) in [6, 6.07) is 30.9. The molecule has 1 saturated carbocycles. The molecule has 33 heavy (non-hydrogen) atoms. The van der Waals surface area contributed by atoms with E-state index in [0.717, 1.165) is 29.5 Å². The molecule has 3 heteroatoms. The third-order valence-corrected chi connectivity index (χ3v) is 6.50. The number of hydrogen-bond acceptors (Lipinski definition) is 3. The maximum atomic E-state index is 11.2. The first-order valence-electron chi connectivity index (χ1n) is 11.9. The summed E-state index contributed by atoms with van der Waals surface area (Å²) in [6.45, 7) is 4.41. The van der Waals surface area contributed by atoms with Gasteiger partial charge in [-0.05, 0) is 47.1 Å². The molecule has 1 N–H and O–H groups in total. The summed E-state index contributed by atoms with van der Waals surface area (Å²) in [5, 5.41) is 11.2. The van der Waals surface area contributed by atoms with Gasteiger partial charge in [0.1, 0.15) is 0 Å². The molecule has 3 aromatic rings. The largest absolute Gasteiger partial charge is 0.389 e. The number of aliphatic hydroxyl groups is 1. The van der Waals surface area contributed by atoms with Crippen molar-refractivity contribution < 1.29 is 14.6 Å². The molecule has 1 unspecified atom stereocenters. The van der Waals surface area contributed by atoms with Crippen LogP contribution in [0.15, 0.2) is 96.6 Å². The van der Waals surface area contributed by atoms with Crippen LogP contribution in [0.1, 0.15) is 42.9 Å². The molecule has 0 radical (unpaired) electrons. The van der Waals surface area contributed by atoms with Crippen molar-refractivity contribution in [3.05, 3.63) is 113 Å². The van der Waals surface area contributed by atoms with E-state index in [4.69, 9.17) is 9.47 Å². The van der Waals surface area contributed by atoms with Crippen LogP contribution in [0, 0.1) is 5.41 Å². The van der Waals surface area contributed by atoms with E-state index >= 15 is 0 Å². The fourth-order valence-corrected chi connectivity index (χ4v) is 4.87. The number of rotatable bonds is 10. The van der Waals surface area contributed by atoms with E-state index in [9.17, 15) is 5.11 Å². The molecule has 0 bridgehead atoms. The van der Waals surface area contributed by atoms with Gasteiger partial charge in [0.2, 0.25) is 0 Å². The average molecular weight is 443 g/mol.